The predicted octanol–water partition coefficient (Wildman–Crippen LogP) is 1.89. The number of likely N-dealkylation sites (tertiary alicyclic amines) is 1. The summed E-state index contributed by atoms with van der Waals surface area (Å²) in [6.45, 7) is 5.14. The van der Waals surface area contributed by atoms with Crippen LogP contribution in [0.5, 0.6) is 0 Å². The molecular formula is C13H19NO4. The Hall–Kier alpha value is -1.52. The maximum Gasteiger partial charge on any atom is 0.410 e. The number of rotatable bonds is 3. The Morgan fingerprint density at radius 3 is 2.50 bits per heavy atom. The number of nitrogens with zero attached hydrogens (tertiary/aromatic N) is 1. The van der Waals surface area contributed by atoms with Crippen LogP contribution in [-0.2, 0) is 9.53 Å². The normalized spacial score (nSPS) is 22.3. The quantitative estimate of drug-likeness (QED) is 0.780. The second-order valence-corrected chi connectivity index (χ2v) is 5.33. The minimum absolute atomic E-state index is 0.152. The molecule has 0 aromatic carbocycles. The molecule has 0 aromatic rings. The maximum absolute atomic E-state index is 11.5. The van der Waals surface area contributed by atoms with E-state index < -0.39 is 5.97 Å². The Labute approximate surface area is 106 Å². The summed E-state index contributed by atoms with van der Waals surface area (Å²) < 4.78 is 4.96. The van der Waals surface area contributed by atoms with Gasteiger partial charge >= 0.3 is 12.1 Å². The molecule has 0 aromatic heterocycles. The van der Waals surface area contributed by atoms with Crippen LogP contribution in [0.2, 0.25) is 0 Å². The molecule has 2 rings (SSSR count). The van der Waals surface area contributed by atoms with E-state index in [-0.39, 0.29) is 24.0 Å². The number of hydrogen-bond donors (Lipinski definition) is 1. The largest absolute Gasteiger partial charge is 0.481 e. The fourth-order valence-corrected chi connectivity index (χ4v) is 2.91. The van der Waals surface area contributed by atoms with Gasteiger partial charge in [-0.15, -0.1) is 0 Å². The number of ether oxygens (including phenoxy) is 1. The summed E-state index contributed by atoms with van der Waals surface area (Å²) >= 11 is 0. The summed E-state index contributed by atoms with van der Waals surface area (Å²) in [7, 11) is 0. The van der Waals surface area contributed by atoms with Crippen molar-refractivity contribution in [2.75, 3.05) is 19.7 Å². The van der Waals surface area contributed by atoms with Gasteiger partial charge in [0.2, 0.25) is 0 Å². The van der Waals surface area contributed by atoms with Gasteiger partial charge in [0.1, 0.15) is 6.61 Å². The zero-order chi connectivity index (χ0) is 13.2. The third-order valence-electron chi connectivity index (χ3n) is 4.03. The third kappa shape index (κ3) is 2.49. The minimum Gasteiger partial charge on any atom is -0.481 e. The first-order valence-corrected chi connectivity index (χ1v) is 6.32. The molecule has 18 heavy (non-hydrogen) atoms. The molecule has 5 heteroatoms. The molecule has 100 valence electrons. The average Bonchev–Trinajstić information content (AvgIpc) is 2.33. The topological polar surface area (TPSA) is 66.8 Å². The summed E-state index contributed by atoms with van der Waals surface area (Å²) in [4.78, 5) is 24.1. The number of aliphatic carboxylic acids is 1. The lowest BCUT2D eigenvalue weighted by molar-refractivity contribution is -0.145. The molecule has 0 radical (unpaired) electrons. The third-order valence-corrected chi connectivity index (χ3v) is 4.03. The van der Waals surface area contributed by atoms with E-state index in [0.717, 1.165) is 25.7 Å². The number of carboxylic acid groups (broad SMARTS) is 1. The Morgan fingerprint density at radius 2 is 2.00 bits per heavy atom. The SMILES string of the molecule is C=CCOC(=O)N1CC2(CCC(C(=O)O)CC2)C1. The first-order valence-electron chi connectivity index (χ1n) is 6.32. The number of amides is 1. The highest BCUT2D eigenvalue weighted by Crippen LogP contribution is 2.45. The van der Waals surface area contributed by atoms with Gasteiger partial charge in [-0.25, -0.2) is 4.79 Å². The molecule has 1 heterocycles. The van der Waals surface area contributed by atoms with Gasteiger partial charge in [0.25, 0.3) is 0 Å². The van der Waals surface area contributed by atoms with Crippen LogP contribution < -0.4 is 0 Å². The highest BCUT2D eigenvalue weighted by atomic mass is 16.6. The van der Waals surface area contributed by atoms with Crippen molar-refractivity contribution in [1.29, 1.82) is 0 Å². The molecule has 1 amide bonds. The Bertz CT molecular complexity index is 350. The Morgan fingerprint density at radius 1 is 1.39 bits per heavy atom. The Balaban J connectivity index is 1.77. The zero-order valence-electron chi connectivity index (χ0n) is 10.4. The van der Waals surface area contributed by atoms with Crippen molar-refractivity contribution in [3.63, 3.8) is 0 Å². The van der Waals surface area contributed by atoms with E-state index >= 15 is 0 Å². The highest BCUT2D eigenvalue weighted by Gasteiger charge is 2.48. The van der Waals surface area contributed by atoms with Crippen molar-refractivity contribution in [2.45, 2.75) is 25.7 Å². The fourth-order valence-electron chi connectivity index (χ4n) is 2.91. The molecule has 1 spiro atoms. The van der Waals surface area contributed by atoms with E-state index in [1.807, 2.05) is 0 Å². The molecule has 1 saturated carbocycles. The van der Waals surface area contributed by atoms with Crippen molar-refractivity contribution < 1.29 is 19.4 Å². The summed E-state index contributed by atoms with van der Waals surface area (Å²) in [5.74, 6) is -0.885. The van der Waals surface area contributed by atoms with Gasteiger partial charge in [-0.2, -0.15) is 0 Å². The number of carbonyl (C=O) groups excluding carboxylic acids is 1. The zero-order valence-corrected chi connectivity index (χ0v) is 10.4. The monoisotopic (exact) mass is 253 g/mol. The van der Waals surface area contributed by atoms with Crippen LogP contribution in [0.15, 0.2) is 12.7 Å². The number of hydrogen-bond acceptors (Lipinski definition) is 3. The second-order valence-electron chi connectivity index (χ2n) is 5.33. The van der Waals surface area contributed by atoms with Crippen LogP contribution in [0, 0.1) is 11.3 Å². The van der Waals surface area contributed by atoms with Crippen LogP contribution in [0.1, 0.15) is 25.7 Å². The van der Waals surface area contributed by atoms with E-state index in [4.69, 9.17) is 9.84 Å². The van der Waals surface area contributed by atoms with Gasteiger partial charge in [-0.05, 0) is 25.7 Å². The number of carboxylic acids is 1. The van der Waals surface area contributed by atoms with Gasteiger partial charge in [0.05, 0.1) is 5.92 Å². The van der Waals surface area contributed by atoms with Crippen molar-refractivity contribution in [3.8, 4) is 0 Å². The van der Waals surface area contributed by atoms with E-state index in [9.17, 15) is 9.59 Å². The summed E-state index contributed by atoms with van der Waals surface area (Å²) in [6.07, 6.45) is 4.51. The van der Waals surface area contributed by atoms with Crippen molar-refractivity contribution >= 4 is 12.1 Å². The fraction of sp³-hybridized carbons (Fsp3) is 0.692. The minimum atomic E-state index is -0.688. The van der Waals surface area contributed by atoms with Gasteiger partial charge in [0.15, 0.2) is 0 Å². The predicted molar refractivity (Wildman–Crippen MR) is 65.1 cm³/mol. The van der Waals surface area contributed by atoms with Gasteiger partial charge in [-0.3, -0.25) is 4.79 Å². The first kappa shape index (κ1) is 12.9. The molecule has 2 fully saturated rings. The van der Waals surface area contributed by atoms with Gasteiger partial charge in [0, 0.05) is 18.5 Å². The van der Waals surface area contributed by atoms with Crippen LogP contribution in [0.4, 0.5) is 4.79 Å². The summed E-state index contributed by atoms with van der Waals surface area (Å²) in [6, 6.07) is 0. The van der Waals surface area contributed by atoms with Crippen LogP contribution in [0.3, 0.4) is 0 Å². The van der Waals surface area contributed by atoms with Gasteiger partial charge < -0.3 is 14.7 Å². The lowest BCUT2D eigenvalue weighted by atomic mass is 9.66. The molecule has 5 nitrogen and oxygen atoms in total. The highest BCUT2D eigenvalue weighted by molar-refractivity contribution is 5.70. The van der Waals surface area contributed by atoms with E-state index in [0.29, 0.717) is 13.1 Å². The van der Waals surface area contributed by atoms with Crippen LogP contribution in [-0.4, -0.2) is 41.8 Å². The van der Waals surface area contributed by atoms with Crippen molar-refractivity contribution in [2.24, 2.45) is 11.3 Å². The molecule has 0 unspecified atom stereocenters. The van der Waals surface area contributed by atoms with Crippen molar-refractivity contribution in [3.05, 3.63) is 12.7 Å². The molecule has 1 saturated heterocycles. The van der Waals surface area contributed by atoms with E-state index in [1.54, 1.807) is 11.0 Å². The smallest absolute Gasteiger partial charge is 0.410 e. The molecule has 2 aliphatic rings. The summed E-state index contributed by atoms with van der Waals surface area (Å²) in [5, 5.41) is 8.94. The van der Waals surface area contributed by atoms with Gasteiger partial charge in [-0.1, -0.05) is 12.7 Å². The molecule has 0 bridgehead atoms. The number of carbonyl (C=O) groups is 2. The lowest BCUT2D eigenvalue weighted by Crippen LogP contribution is -2.59. The maximum atomic E-state index is 11.5. The first-order chi connectivity index (χ1) is 8.56. The Kier molecular flexibility index (Phi) is 3.59. The molecule has 1 aliphatic carbocycles. The standard InChI is InChI=1S/C13H19NO4/c1-2-7-18-12(17)14-8-13(9-14)5-3-10(4-6-13)11(15)16/h2,10H,1,3-9H2,(H,15,16). The average molecular weight is 253 g/mol. The van der Waals surface area contributed by atoms with Crippen LogP contribution in [0.25, 0.3) is 0 Å². The summed E-state index contributed by atoms with van der Waals surface area (Å²) in [5.41, 5.74) is 0.152. The molecule has 1 aliphatic heterocycles. The molecule has 0 atom stereocenters. The van der Waals surface area contributed by atoms with Crippen molar-refractivity contribution in [1.82, 2.24) is 4.90 Å². The molecule has 1 N–H and O–H groups in total. The second kappa shape index (κ2) is 5.00. The van der Waals surface area contributed by atoms with E-state index in [2.05, 4.69) is 6.58 Å². The van der Waals surface area contributed by atoms with E-state index in [1.165, 1.54) is 0 Å². The lowest BCUT2D eigenvalue weighted by Gasteiger charge is -2.52. The van der Waals surface area contributed by atoms with Crippen LogP contribution >= 0.6 is 0 Å². The molecular weight excluding hydrogens is 234 g/mol.